The minimum absolute atomic E-state index is 0.352. The number of hydrogen-bond donors (Lipinski definition) is 1. The van der Waals surface area contributed by atoms with E-state index in [-0.39, 0.29) is 6.10 Å². The summed E-state index contributed by atoms with van der Waals surface area (Å²) in [6.07, 6.45) is 3.47. The molecule has 0 aliphatic rings. The Kier molecular flexibility index (Phi) is 5.57. The van der Waals surface area contributed by atoms with Crippen molar-refractivity contribution < 1.29 is 9.84 Å². The number of rotatable bonds is 4. The molecule has 0 heterocycles. The Morgan fingerprint density at radius 1 is 1.67 bits per heavy atom. The highest BCUT2D eigenvalue weighted by Crippen LogP contribution is 1.82. The normalized spacial score (nSPS) is 14.6. The third-order valence-electron chi connectivity index (χ3n) is 0.809. The summed E-state index contributed by atoms with van der Waals surface area (Å²) >= 11 is 0. The lowest BCUT2D eigenvalue weighted by Crippen LogP contribution is -2.09. The van der Waals surface area contributed by atoms with Crippen LogP contribution >= 0.6 is 0 Å². The Labute approximate surface area is 56.1 Å². The van der Waals surface area contributed by atoms with Crippen LogP contribution in [0.25, 0.3) is 0 Å². The molecule has 54 valence electrons. The van der Waals surface area contributed by atoms with Crippen LogP contribution in [0.4, 0.5) is 0 Å². The monoisotopic (exact) mass is 130 g/mol. The molecule has 0 amide bonds. The Hall–Kier alpha value is -0.340. The molecular formula is C7H14O2. The van der Waals surface area contributed by atoms with Gasteiger partial charge in [0.15, 0.2) is 0 Å². The van der Waals surface area contributed by atoms with Gasteiger partial charge in [0.2, 0.25) is 0 Å². The summed E-state index contributed by atoms with van der Waals surface area (Å²) in [5, 5.41) is 8.70. The number of hydrogen-bond acceptors (Lipinski definition) is 2. The van der Waals surface area contributed by atoms with Gasteiger partial charge in [0.05, 0.1) is 19.3 Å². The minimum Gasteiger partial charge on any atom is -0.391 e. The zero-order valence-corrected chi connectivity index (χ0v) is 6.00. The van der Waals surface area contributed by atoms with Crippen LogP contribution in [0.3, 0.4) is 0 Å². The average molecular weight is 130 g/mol. The first-order valence-electron chi connectivity index (χ1n) is 3.14. The van der Waals surface area contributed by atoms with E-state index in [9.17, 15) is 0 Å². The second kappa shape index (κ2) is 5.79. The van der Waals surface area contributed by atoms with Crippen molar-refractivity contribution in [1.82, 2.24) is 0 Å². The summed E-state index contributed by atoms with van der Waals surface area (Å²) in [7, 11) is 0. The lowest BCUT2D eigenvalue weighted by molar-refractivity contribution is 0.0598. The largest absolute Gasteiger partial charge is 0.391 e. The molecule has 0 rings (SSSR count). The minimum atomic E-state index is -0.352. The average Bonchev–Trinajstić information content (AvgIpc) is 1.80. The van der Waals surface area contributed by atoms with Crippen LogP contribution in [0.15, 0.2) is 12.2 Å². The lowest BCUT2D eigenvalue weighted by atomic mass is 10.4. The summed E-state index contributed by atoms with van der Waals surface area (Å²) in [5.74, 6) is 0. The maximum atomic E-state index is 8.70. The number of aliphatic hydroxyl groups excluding tert-OH is 1. The topological polar surface area (TPSA) is 29.5 Å². The zero-order chi connectivity index (χ0) is 7.11. The van der Waals surface area contributed by atoms with Gasteiger partial charge in [-0.25, -0.2) is 0 Å². The molecule has 9 heavy (non-hydrogen) atoms. The fourth-order valence-electron chi connectivity index (χ4n) is 0.403. The Balaban J connectivity index is 2.91. The SMILES string of the molecule is CC=CCOCC(C)O. The number of ether oxygens (including phenoxy) is 1. The fourth-order valence-corrected chi connectivity index (χ4v) is 0.403. The van der Waals surface area contributed by atoms with E-state index in [4.69, 9.17) is 9.84 Å². The van der Waals surface area contributed by atoms with E-state index in [2.05, 4.69) is 0 Å². The quantitative estimate of drug-likeness (QED) is 0.453. The summed E-state index contributed by atoms with van der Waals surface area (Å²) < 4.78 is 5.00. The molecule has 0 aromatic heterocycles. The van der Waals surface area contributed by atoms with Crippen molar-refractivity contribution in [3.63, 3.8) is 0 Å². The van der Waals surface area contributed by atoms with Crippen LogP contribution in [0, 0.1) is 0 Å². The molecule has 1 unspecified atom stereocenters. The van der Waals surface area contributed by atoms with Gasteiger partial charge in [0.25, 0.3) is 0 Å². The second-order valence-corrected chi connectivity index (χ2v) is 1.96. The maximum absolute atomic E-state index is 8.70. The summed E-state index contributed by atoms with van der Waals surface area (Å²) in [6.45, 7) is 4.66. The van der Waals surface area contributed by atoms with E-state index in [0.29, 0.717) is 13.2 Å². The van der Waals surface area contributed by atoms with E-state index in [0.717, 1.165) is 0 Å². The highest BCUT2D eigenvalue weighted by atomic mass is 16.5. The highest BCUT2D eigenvalue weighted by molar-refractivity contribution is 4.75. The predicted molar refractivity (Wildman–Crippen MR) is 37.3 cm³/mol. The molecule has 0 aliphatic carbocycles. The van der Waals surface area contributed by atoms with Crippen LogP contribution in [-0.2, 0) is 4.74 Å². The van der Waals surface area contributed by atoms with Crippen LogP contribution in [-0.4, -0.2) is 24.4 Å². The molecule has 0 saturated carbocycles. The Morgan fingerprint density at radius 2 is 2.33 bits per heavy atom. The van der Waals surface area contributed by atoms with Crippen molar-refractivity contribution in [3.05, 3.63) is 12.2 Å². The third kappa shape index (κ3) is 7.66. The van der Waals surface area contributed by atoms with Crippen molar-refractivity contribution >= 4 is 0 Å². The van der Waals surface area contributed by atoms with Gasteiger partial charge in [-0.05, 0) is 13.8 Å². The van der Waals surface area contributed by atoms with Crippen molar-refractivity contribution in [2.24, 2.45) is 0 Å². The van der Waals surface area contributed by atoms with Crippen LogP contribution in [0.2, 0.25) is 0 Å². The van der Waals surface area contributed by atoms with Crippen molar-refractivity contribution in [2.45, 2.75) is 20.0 Å². The van der Waals surface area contributed by atoms with E-state index >= 15 is 0 Å². The number of aliphatic hydroxyl groups is 1. The van der Waals surface area contributed by atoms with Gasteiger partial charge in [-0.1, -0.05) is 12.2 Å². The Bertz CT molecular complexity index is 77.0. The first-order valence-corrected chi connectivity index (χ1v) is 3.14. The molecule has 0 spiro atoms. The van der Waals surface area contributed by atoms with Crippen molar-refractivity contribution in [1.29, 1.82) is 0 Å². The van der Waals surface area contributed by atoms with E-state index < -0.39 is 0 Å². The van der Waals surface area contributed by atoms with Gasteiger partial charge in [0, 0.05) is 0 Å². The Morgan fingerprint density at radius 3 is 2.78 bits per heavy atom. The van der Waals surface area contributed by atoms with Gasteiger partial charge in [-0.2, -0.15) is 0 Å². The van der Waals surface area contributed by atoms with Crippen LogP contribution < -0.4 is 0 Å². The first-order chi connectivity index (χ1) is 4.27. The van der Waals surface area contributed by atoms with Crippen LogP contribution in [0.5, 0.6) is 0 Å². The smallest absolute Gasteiger partial charge is 0.0745 e. The second-order valence-electron chi connectivity index (χ2n) is 1.96. The zero-order valence-electron chi connectivity index (χ0n) is 6.00. The third-order valence-corrected chi connectivity index (χ3v) is 0.809. The molecule has 2 heteroatoms. The summed E-state index contributed by atoms with van der Waals surface area (Å²) in [6, 6.07) is 0. The molecule has 0 radical (unpaired) electrons. The molecule has 2 nitrogen and oxygen atoms in total. The van der Waals surface area contributed by atoms with E-state index in [1.807, 2.05) is 19.1 Å². The molecule has 0 fully saturated rings. The van der Waals surface area contributed by atoms with Gasteiger partial charge in [-0.3, -0.25) is 0 Å². The van der Waals surface area contributed by atoms with Gasteiger partial charge in [0.1, 0.15) is 0 Å². The van der Waals surface area contributed by atoms with Crippen molar-refractivity contribution in [3.8, 4) is 0 Å². The van der Waals surface area contributed by atoms with Gasteiger partial charge < -0.3 is 9.84 Å². The molecule has 0 bridgehead atoms. The molecule has 0 aromatic carbocycles. The summed E-state index contributed by atoms with van der Waals surface area (Å²) in [4.78, 5) is 0. The lowest BCUT2D eigenvalue weighted by Gasteiger charge is -2.01. The first kappa shape index (κ1) is 8.66. The standard InChI is InChI=1S/C7H14O2/c1-3-4-5-9-6-7(2)8/h3-4,7-8H,5-6H2,1-2H3. The van der Waals surface area contributed by atoms with Crippen LogP contribution in [0.1, 0.15) is 13.8 Å². The molecular weight excluding hydrogens is 116 g/mol. The van der Waals surface area contributed by atoms with E-state index in [1.165, 1.54) is 0 Å². The molecule has 1 atom stereocenters. The maximum Gasteiger partial charge on any atom is 0.0745 e. The molecule has 0 saturated heterocycles. The molecule has 1 N–H and O–H groups in total. The molecule has 0 aliphatic heterocycles. The molecule has 0 aromatic rings. The van der Waals surface area contributed by atoms with E-state index in [1.54, 1.807) is 6.92 Å². The summed E-state index contributed by atoms with van der Waals surface area (Å²) in [5.41, 5.74) is 0. The van der Waals surface area contributed by atoms with Gasteiger partial charge in [-0.15, -0.1) is 0 Å². The fraction of sp³-hybridized carbons (Fsp3) is 0.714. The number of allylic oxidation sites excluding steroid dienone is 1. The van der Waals surface area contributed by atoms with Crippen molar-refractivity contribution in [2.75, 3.05) is 13.2 Å². The van der Waals surface area contributed by atoms with Gasteiger partial charge >= 0.3 is 0 Å². The predicted octanol–water partition coefficient (Wildman–Crippen LogP) is 0.960. The highest BCUT2D eigenvalue weighted by Gasteiger charge is 1.91.